The van der Waals surface area contributed by atoms with Gasteiger partial charge in [-0.15, -0.1) is 0 Å². The van der Waals surface area contributed by atoms with Gasteiger partial charge in [0, 0.05) is 12.7 Å². The molecule has 1 aromatic heterocycles. The number of hydrogen-bond donors (Lipinski definition) is 0. The van der Waals surface area contributed by atoms with Crippen LogP contribution in [0.4, 0.5) is 0 Å². The highest BCUT2D eigenvalue weighted by Crippen LogP contribution is 2.40. The van der Waals surface area contributed by atoms with Gasteiger partial charge in [0.25, 0.3) is 5.56 Å². The van der Waals surface area contributed by atoms with Gasteiger partial charge in [0.05, 0.1) is 43.2 Å². The standard InChI is InChI=1S/C35H36N2O8S/c1-6-43-32-27(8-7-9-28(32)42-5)31-30(34(39)44-19-18-40-3)22(2)36-35-37(31)33(38)29(46-35)20-23-10-16-26(17-11-23)45-21-24-12-14-25(41-4)15-13-24/h7-17,20,31H,6,18-19,21H2,1-5H3/b29-20+/t31-/m0/s1. The maximum Gasteiger partial charge on any atom is 0.338 e. The van der Waals surface area contributed by atoms with Gasteiger partial charge in [-0.2, -0.15) is 0 Å². The Morgan fingerprint density at radius 3 is 2.35 bits per heavy atom. The fraction of sp³-hybridized carbons (Fsp3) is 0.286. The molecule has 0 bridgehead atoms. The van der Waals surface area contributed by atoms with Crippen molar-refractivity contribution in [2.24, 2.45) is 4.99 Å². The Balaban J connectivity index is 1.52. The van der Waals surface area contributed by atoms with Gasteiger partial charge in [0.2, 0.25) is 0 Å². The molecule has 0 fully saturated rings. The third-order valence-electron chi connectivity index (χ3n) is 7.32. The van der Waals surface area contributed by atoms with Crippen LogP contribution < -0.4 is 33.8 Å². The first-order chi connectivity index (χ1) is 22.4. The molecule has 0 saturated heterocycles. The van der Waals surface area contributed by atoms with E-state index in [2.05, 4.69) is 4.99 Å². The van der Waals surface area contributed by atoms with E-state index >= 15 is 0 Å². The number of hydrogen-bond acceptors (Lipinski definition) is 10. The number of methoxy groups -OCH3 is 3. The largest absolute Gasteiger partial charge is 0.497 e. The summed E-state index contributed by atoms with van der Waals surface area (Å²) in [7, 11) is 4.70. The minimum atomic E-state index is -0.862. The third-order valence-corrected chi connectivity index (χ3v) is 8.30. The van der Waals surface area contributed by atoms with Crippen molar-refractivity contribution in [3.05, 3.63) is 114 Å². The topological polar surface area (TPSA) is 107 Å². The number of carbonyl (C=O) groups is 1. The van der Waals surface area contributed by atoms with Crippen LogP contribution in [0.1, 0.15) is 36.6 Å². The van der Waals surface area contributed by atoms with Crippen molar-refractivity contribution in [3.63, 3.8) is 0 Å². The highest BCUT2D eigenvalue weighted by Gasteiger charge is 2.36. The van der Waals surface area contributed by atoms with Crippen LogP contribution in [0.2, 0.25) is 0 Å². The van der Waals surface area contributed by atoms with Crippen molar-refractivity contribution in [1.82, 2.24) is 4.57 Å². The average molecular weight is 645 g/mol. The molecular formula is C35H36N2O8S. The molecule has 46 heavy (non-hydrogen) atoms. The fourth-order valence-electron chi connectivity index (χ4n) is 5.08. The zero-order chi connectivity index (χ0) is 32.6. The van der Waals surface area contributed by atoms with Crippen LogP contribution in [-0.2, 0) is 20.9 Å². The number of carbonyl (C=O) groups excluding carboxylic acids is 1. The lowest BCUT2D eigenvalue weighted by Gasteiger charge is -2.27. The quantitative estimate of drug-likeness (QED) is 0.156. The first kappa shape index (κ1) is 32.5. The number of fused-ring (bicyclic) bond motifs is 1. The second-order valence-electron chi connectivity index (χ2n) is 10.2. The molecule has 1 atom stereocenters. The zero-order valence-corrected chi connectivity index (χ0v) is 27.2. The van der Waals surface area contributed by atoms with Crippen molar-refractivity contribution >= 4 is 23.4 Å². The summed E-state index contributed by atoms with van der Waals surface area (Å²) in [4.78, 5) is 32.8. The summed E-state index contributed by atoms with van der Waals surface area (Å²) < 4.78 is 35.3. The van der Waals surface area contributed by atoms with E-state index in [0.717, 1.165) is 16.9 Å². The summed E-state index contributed by atoms with van der Waals surface area (Å²) in [5.41, 5.74) is 2.80. The first-order valence-electron chi connectivity index (χ1n) is 14.7. The van der Waals surface area contributed by atoms with E-state index in [1.807, 2.05) is 61.5 Å². The molecule has 0 saturated carbocycles. The molecule has 0 amide bonds. The van der Waals surface area contributed by atoms with Gasteiger partial charge in [-0.1, -0.05) is 47.7 Å². The Kier molecular flexibility index (Phi) is 10.6. The van der Waals surface area contributed by atoms with Crippen LogP contribution in [0, 0.1) is 0 Å². The number of esters is 1. The number of nitrogens with zero attached hydrogens (tertiary/aromatic N) is 2. The number of ether oxygens (including phenoxy) is 6. The van der Waals surface area contributed by atoms with Gasteiger partial charge in [-0.3, -0.25) is 9.36 Å². The molecule has 2 heterocycles. The Hall–Kier alpha value is -4.87. The predicted octanol–water partition coefficient (Wildman–Crippen LogP) is 4.42. The number of benzene rings is 3. The molecule has 0 aliphatic carbocycles. The van der Waals surface area contributed by atoms with Crippen molar-refractivity contribution in [1.29, 1.82) is 0 Å². The molecule has 1 aliphatic rings. The van der Waals surface area contributed by atoms with E-state index in [1.54, 1.807) is 39.4 Å². The van der Waals surface area contributed by atoms with Crippen LogP contribution in [0.3, 0.4) is 0 Å². The monoisotopic (exact) mass is 644 g/mol. The van der Waals surface area contributed by atoms with Gasteiger partial charge in [0.15, 0.2) is 16.3 Å². The summed E-state index contributed by atoms with van der Waals surface area (Å²) in [5, 5.41) is 0. The van der Waals surface area contributed by atoms with Gasteiger partial charge in [0.1, 0.15) is 30.8 Å². The van der Waals surface area contributed by atoms with Gasteiger partial charge >= 0.3 is 5.97 Å². The van der Waals surface area contributed by atoms with Crippen molar-refractivity contribution in [3.8, 4) is 23.0 Å². The minimum Gasteiger partial charge on any atom is -0.497 e. The minimum absolute atomic E-state index is 0.0550. The lowest BCUT2D eigenvalue weighted by Crippen LogP contribution is -2.40. The van der Waals surface area contributed by atoms with Crippen molar-refractivity contribution in [2.75, 3.05) is 41.2 Å². The van der Waals surface area contributed by atoms with E-state index < -0.39 is 12.0 Å². The van der Waals surface area contributed by atoms with Crippen molar-refractivity contribution < 1.29 is 33.2 Å². The molecule has 11 heteroatoms. The maximum atomic E-state index is 14.1. The van der Waals surface area contributed by atoms with E-state index in [0.29, 0.717) is 51.1 Å². The normalized spacial score (nSPS) is 14.4. The predicted molar refractivity (Wildman–Crippen MR) is 175 cm³/mol. The van der Waals surface area contributed by atoms with Crippen LogP contribution in [0.5, 0.6) is 23.0 Å². The van der Waals surface area contributed by atoms with E-state index in [1.165, 1.54) is 23.0 Å². The summed E-state index contributed by atoms with van der Waals surface area (Å²) in [6.45, 7) is 4.65. The van der Waals surface area contributed by atoms with Gasteiger partial charge < -0.3 is 28.4 Å². The first-order valence-corrected chi connectivity index (χ1v) is 15.5. The van der Waals surface area contributed by atoms with Crippen LogP contribution in [-0.4, -0.2) is 51.7 Å². The van der Waals surface area contributed by atoms with Gasteiger partial charge in [-0.05, 0) is 61.4 Å². The summed E-state index contributed by atoms with van der Waals surface area (Å²) >= 11 is 1.25. The number of allylic oxidation sites excluding steroid dienone is 1. The summed E-state index contributed by atoms with van der Waals surface area (Å²) in [6, 6.07) is 19.7. The average Bonchev–Trinajstić information content (AvgIpc) is 3.37. The molecular weight excluding hydrogens is 608 g/mol. The molecule has 0 spiro atoms. The highest BCUT2D eigenvalue weighted by molar-refractivity contribution is 7.07. The van der Waals surface area contributed by atoms with Gasteiger partial charge in [-0.25, -0.2) is 9.79 Å². The number of thiazole rings is 1. The summed E-state index contributed by atoms with van der Waals surface area (Å²) in [5.74, 6) is 1.82. The van der Waals surface area contributed by atoms with Crippen LogP contribution >= 0.6 is 11.3 Å². The zero-order valence-electron chi connectivity index (χ0n) is 26.4. The lowest BCUT2D eigenvalue weighted by atomic mass is 9.94. The molecule has 0 N–H and O–H groups in total. The molecule has 10 nitrogen and oxygen atoms in total. The fourth-order valence-corrected chi connectivity index (χ4v) is 6.13. The SMILES string of the molecule is CCOc1c(OC)cccc1[C@H]1C(C(=O)OCCOC)=C(C)N=c2s/c(=C/c3ccc(OCc4ccc(OC)cc4)cc3)c(=O)n21. The Morgan fingerprint density at radius 1 is 0.935 bits per heavy atom. The number of rotatable bonds is 13. The molecule has 0 radical (unpaired) electrons. The van der Waals surface area contributed by atoms with Crippen molar-refractivity contribution in [2.45, 2.75) is 26.5 Å². The second kappa shape index (κ2) is 14.9. The lowest BCUT2D eigenvalue weighted by molar-refractivity contribution is -0.140. The molecule has 240 valence electrons. The number of aromatic nitrogens is 1. The summed E-state index contributed by atoms with van der Waals surface area (Å²) in [6.07, 6.45) is 1.80. The second-order valence-corrected chi connectivity index (χ2v) is 11.2. The van der Waals surface area contributed by atoms with Crippen LogP contribution in [0.25, 0.3) is 6.08 Å². The highest BCUT2D eigenvalue weighted by atomic mass is 32.1. The van der Waals surface area contributed by atoms with E-state index in [4.69, 9.17) is 28.4 Å². The number of para-hydroxylation sites is 1. The third kappa shape index (κ3) is 7.00. The van der Waals surface area contributed by atoms with Crippen LogP contribution in [0.15, 0.2) is 87.8 Å². The smallest absolute Gasteiger partial charge is 0.338 e. The van der Waals surface area contributed by atoms with E-state index in [9.17, 15) is 9.59 Å². The maximum absolute atomic E-state index is 14.1. The molecule has 3 aromatic carbocycles. The van der Waals surface area contributed by atoms with E-state index in [-0.39, 0.29) is 24.3 Å². The Morgan fingerprint density at radius 2 is 1.67 bits per heavy atom. The Labute approximate surface area is 270 Å². The molecule has 5 rings (SSSR count). The molecule has 0 unspecified atom stereocenters. The molecule has 4 aromatic rings. The molecule has 1 aliphatic heterocycles. The Bertz CT molecular complexity index is 1890.